The van der Waals surface area contributed by atoms with E-state index in [4.69, 9.17) is 16.3 Å². The van der Waals surface area contributed by atoms with Gasteiger partial charge in [-0.05, 0) is 24.1 Å². The Morgan fingerprint density at radius 3 is 3.06 bits per heavy atom. The summed E-state index contributed by atoms with van der Waals surface area (Å²) >= 11 is 5.90. The fraction of sp³-hybridized carbons (Fsp3) is 0.308. The third-order valence-corrected chi connectivity index (χ3v) is 2.59. The van der Waals surface area contributed by atoms with E-state index in [1.54, 1.807) is 6.20 Å². The first-order valence-corrected chi connectivity index (χ1v) is 6.05. The molecule has 0 aliphatic rings. The molecule has 1 heterocycles. The normalized spacial score (nSPS) is 10.5. The topological polar surface area (TPSA) is 27.1 Å². The molecular formula is C13H15ClN2O. The molecule has 1 aromatic carbocycles. The highest BCUT2D eigenvalue weighted by Gasteiger charge is 2.00. The summed E-state index contributed by atoms with van der Waals surface area (Å²) in [6, 6.07) is 7.66. The van der Waals surface area contributed by atoms with Crippen LogP contribution in [0.3, 0.4) is 0 Å². The summed E-state index contributed by atoms with van der Waals surface area (Å²) in [5, 5.41) is 4.93. The molecule has 0 bridgehead atoms. The number of halogens is 1. The van der Waals surface area contributed by atoms with E-state index in [-0.39, 0.29) is 0 Å². The van der Waals surface area contributed by atoms with Crippen LogP contribution in [0.4, 0.5) is 0 Å². The van der Waals surface area contributed by atoms with Crippen molar-refractivity contribution in [3.05, 3.63) is 47.2 Å². The summed E-state index contributed by atoms with van der Waals surface area (Å²) in [6.07, 6.45) is 4.71. The van der Waals surface area contributed by atoms with E-state index in [1.165, 1.54) is 0 Å². The lowest BCUT2D eigenvalue weighted by atomic mass is 10.2. The maximum absolute atomic E-state index is 5.90. The van der Waals surface area contributed by atoms with Gasteiger partial charge in [0.1, 0.15) is 6.61 Å². The van der Waals surface area contributed by atoms with Crippen LogP contribution >= 0.6 is 11.6 Å². The monoisotopic (exact) mass is 250 g/mol. The summed E-state index contributed by atoms with van der Waals surface area (Å²) in [5.74, 6) is 0.790. The van der Waals surface area contributed by atoms with Crippen molar-refractivity contribution in [2.45, 2.75) is 26.5 Å². The van der Waals surface area contributed by atoms with Crippen LogP contribution in [0.5, 0.6) is 5.75 Å². The van der Waals surface area contributed by atoms with Gasteiger partial charge in [0.25, 0.3) is 0 Å². The first-order chi connectivity index (χ1) is 8.28. The number of hydrogen-bond acceptors (Lipinski definition) is 2. The van der Waals surface area contributed by atoms with Crippen LogP contribution in [0.2, 0.25) is 5.02 Å². The van der Waals surface area contributed by atoms with Crippen molar-refractivity contribution in [1.82, 2.24) is 9.78 Å². The van der Waals surface area contributed by atoms with Crippen LogP contribution in [0.15, 0.2) is 36.7 Å². The standard InChI is InChI=1S/C13H15ClN2O/c1-2-6-16-9-13(8-15-16)17-10-11-4-3-5-12(14)7-11/h3-5,7-9H,2,6,10H2,1H3. The zero-order valence-electron chi connectivity index (χ0n) is 9.77. The van der Waals surface area contributed by atoms with E-state index in [9.17, 15) is 0 Å². The van der Waals surface area contributed by atoms with Gasteiger partial charge in [-0.3, -0.25) is 4.68 Å². The van der Waals surface area contributed by atoms with Gasteiger partial charge in [0.15, 0.2) is 5.75 Å². The number of rotatable bonds is 5. The average Bonchev–Trinajstić information content (AvgIpc) is 2.75. The van der Waals surface area contributed by atoms with Crippen molar-refractivity contribution < 1.29 is 4.74 Å². The number of hydrogen-bond donors (Lipinski definition) is 0. The van der Waals surface area contributed by atoms with Gasteiger partial charge in [-0.25, -0.2) is 0 Å². The predicted molar refractivity (Wildman–Crippen MR) is 68.3 cm³/mol. The molecule has 0 saturated carbocycles. The summed E-state index contributed by atoms with van der Waals surface area (Å²) < 4.78 is 7.51. The van der Waals surface area contributed by atoms with E-state index in [2.05, 4.69) is 12.0 Å². The summed E-state index contributed by atoms with van der Waals surface area (Å²) in [5.41, 5.74) is 1.06. The molecule has 0 N–H and O–H groups in total. The second kappa shape index (κ2) is 5.73. The lowest BCUT2D eigenvalue weighted by Gasteiger charge is -2.03. The Labute approximate surface area is 106 Å². The molecule has 90 valence electrons. The minimum Gasteiger partial charge on any atom is -0.486 e. The van der Waals surface area contributed by atoms with Gasteiger partial charge in [0, 0.05) is 11.6 Å². The van der Waals surface area contributed by atoms with Crippen LogP contribution in [-0.4, -0.2) is 9.78 Å². The molecule has 1 aromatic heterocycles. The molecule has 0 radical (unpaired) electrons. The fourth-order valence-corrected chi connectivity index (χ4v) is 1.78. The quantitative estimate of drug-likeness (QED) is 0.812. The van der Waals surface area contributed by atoms with Gasteiger partial charge in [0.05, 0.1) is 12.4 Å². The Morgan fingerprint density at radius 2 is 2.29 bits per heavy atom. The minimum atomic E-state index is 0.512. The number of nitrogens with zero attached hydrogens (tertiary/aromatic N) is 2. The molecule has 4 heteroatoms. The molecule has 3 nitrogen and oxygen atoms in total. The Hall–Kier alpha value is -1.48. The summed E-state index contributed by atoms with van der Waals surface area (Å²) in [7, 11) is 0. The Balaban J connectivity index is 1.93. The molecule has 0 aliphatic heterocycles. The van der Waals surface area contributed by atoms with E-state index in [1.807, 2.05) is 35.1 Å². The highest BCUT2D eigenvalue weighted by molar-refractivity contribution is 6.30. The van der Waals surface area contributed by atoms with E-state index in [0.29, 0.717) is 6.61 Å². The van der Waals surface area contributed by atoms with Crippen molar-refractivity contribution in [1.29, 1.82) is 0 Å². The summed E-state index contributed by atoms with van der Waals surface area (Å²) in [4.78, 5) is 0. The molecule has 0 amide bonds. The van der Waals surface area contributed by atoms with Crippen molar-refractivity contribution in [3.8, 4) is 5.75 Å². The second-order valence-corrected chi connectivity index (χ2v) is 4.29. The van der Waals surface area contributed by atoms with Gasteiger partial charge in [-0.1, -0.05) is 30.7 Å². The molecule has 0 unspecified atom stereocenters. The first kappa shape index (κ1) is 12.0. The maximum atomic E-state index is 5.90. The van der Waals surface area contributed by atoms with Crippen LogP contribution in [0, 0.1) is 0 Å². The lowest BCUT2D eigenvalue weighted by molar-refractivity contribution is 0.305. The third kappa shape index (κ3) is 3.49. The van der Waals surface area contributed by atoms with Crippen molar-refractivity contribution in [2.24, 2.45) is 0 Å². The molecule has 0 atom stereocenters. The van der Waals surface area contributed by atoms with Crippen LogP contribution in [-0.2, 0) is 13.2 Å². The number of aryl methyl sites for hydroxylation is 1. The minimum absolute atomic E-state index is 0.512. The molecule has 0 saturated heterocycles. The molecule has 2 rings (SSSR count). The molecule has 0 spiro atoms. The summed E-state index contributed by atoms with van der Waals surface area (Å²) in [6.45, 7) is 3.55. The number of aromatic nitrogens is 2. The Kier molecular flexibility index (Phi) is 4.04. The molecule has 0 aliphatic carbocycles. The third-order valence-electron chi connectivity index (χ3n) is 2.36. The largest absolute Gasteiger partial charge is 0.486 e. The van der Waals surface area contributed by atoms with Crippen LogP contribution < -0.4 is 4.74 Å². The zero-order valence-corrected chi connectivity index (χ0v) is 10.5. The van der Waals surface area contributed by atoms with Gasteiger partial charge < -0.3 is 4.74 Å². The SMILES string of the molecule is CCCn1cc(OCc2cccc(Cl)c2)cn1. The molecule has 2 aromatic rings. The highest BCUT2D eigenvalue weighted by Crippen LogP contribution is 2.14. The van der Waals surface area contributed by atoms with Crippen LogP contribution in [0.25, 0.3) is 0 Å². The van der Waals surface area contributed by atoms with Crippen molar-refractivity contribution in [3.63, 3.8) is 0 Å². The van der Waals surface area contributed by atoms with Gasteiger partial charge >= 0.3 is 0 Å². The first-order valence-electron chi connectivity index (χ1n) is 5.67. The Morgan fingerprint density at radius 1 is 1.41 bits per heavy atom. The van der Waals surface area contributed by atoms with E-state index < -0.39 is 0 Å². The van der Waals surface area contributed by atoms with Crippen molar-refractivity contribution in [2.75, 3.05) is 0 Å². The van der Waals surface area contributed by atoms with E-state index >= 15 is 0 Å². The van der Waals surface area contributed by atoms with Crippen LogP contribution in [0.1, 0.15) is 18.9 Å². The zero-order chi connectivity index (χ0) is 12.1. The number of benzene rings is 1. The van der Waals surface area contributed by atoms with Crippen molar-refractivity contribution >= 4 is 11.6 Å². The molecular weight excluding hydrogens is 236 g/mol. The molecule has 17 heavy (non-hydrogen) atoms. The highest BCUT2D eigenvalue weighted by atomic mass is 35.5. The Bertz CT molecular complexity index is 482. The lowest BCUT2D eigenvalue weighted by Crippen LogP contribution is -1.96. The second-order valence-electron chi connectivity index (χ2n) is 3.86. The van der Waals surface area contributed by atoms with Gasteiger partial charge in [0.2, 0.25) is 0 Å². The maximum Gasteiger partial charge on any atom is 0.157 e. The van der Waals surface area contributed by atoms with Gasteiger partial charge in [-0.2, -0.15) is 5.10 Å². The smallest absolute Gasteiger partial charge is 0.157 e. The predicted octanol–water partition coefficient (Wildman–Crippen LogP) is 3.53. The molecule has 0 fully saturated rings. The van der Waals surface area contributed by atoms with E-state index in [0.717, 1.165) is 29.3 Å². The fourth-order valence-electron chi connectivity index (χ4n) is 1.56. The average molecular weight is 251 g/mol. The van der Waals surface area contributed by atoms with Gasteiger partial charge in [-0.15, -0.1) is 0 Å². The number of ether oxygens (including phenoxy) is 1.